The first-order valence-electron chi connectivity index (χ1n) is 8.35. The normalized spacial score (nSPS) is 11.0. The highest BCUT2D eigenvalue weighted by atomic mass is 16.5. The fourth-order valence-electron chi connectivity index (χ4n) is 2.88. The Kier molecular flexibility index (Phi) is 4.40. The predicted octanol–water partition coefficient (Wildman–Crippen LogP) is 3.02. The molecule has 0 aliphatic carbocycles. The Morgan fingerprint density at radius 3 is 2.93 bits per heavy atom. The van der Waals surface area contributed by atoms with Crippen molar-refractivity contribution in [2.45, 2.75) is 0 Å². The van der Waals surface area contributed by atoms with Gasteiger partial charge in [0.25, 0.3) is 0 Å². The third kappa shape index (κ3) is 2.91. The molecule has 0 amide bonds. The van der Waals surface area contributed by atoms with Crippen LogP contribution in [0.4, 0.5) is 5.69 Å². The van der Waals surface area contributed by atoms with E-state index in [4.69, 9.17) is 10.00 Å². The van der Waals surface area contributed by atoms with E-state index >= 15 is 0 Å². The summed E-state index contributed by atoms with van der Waals surface area (Å²) in [4.78, 5) is 20.6. The van der Waals surface area contributed by atoms with E-state index in [-0.39, 0.29) is 0 Å². The number of carbonyl (C=O) groups is 1. The molecule has 0 radical (unpaired) electrons. The number of esters is 1. The van der Waals surface area contributed by atoms with Crippen molar-refractivity contribution in [2.75, 3.05) is 12.4 Å². The van der Waals surface area contributed by atoms with Crippen LogP contribution in [0, 0.1) is 11.3 Å². The molecule has 8 nitrogen and oxygen atoms in total. The van der Waals surface area contributed by atoms with Crippen LogP contribution < -0.4 is 5.32 Å². The van der Waals surface area contributed by atoms with Crippen LogP contribution in [0.1, 0.15) is 21.6 Å². The summed E-state index contributed by atoms with van der Waals surface area (Å²) in [5, 5.41) is 17.3. The maximum atomic E-state index is 11.9. The maximum Gasteiger partial charge on any atom is 0.339 e. The summed E-state index contributed by atoms with van der Waals surface area (Å²) in [6.45, 7) is 0. The number of hydrogen-bond acceptors (Lipinski definition) is 7. The van der Waals surface area contributed by atoms with Crippen molar-refractivity contribution in [3.8, 4) is 6.07 Å². The summed E-state index contributed by atoms with van der Waals surface area (Å²) >= 11 is 0. The van der Waals surface area contributed by atoms with Crippen molar-refractivity contribution in [2.24, 2.45) is 0 Å². The van der Waals surface area contributed by atoms with E-state index in [1.807, 2.05) is 12.1 Å². The summed E-state index contributed by atoms with van der Waals surface area (Å²) in [6, 6.07) is 11.0. The molecule has 0 aliphatic heterocycles. The molecule has 0 saturated heterocycles. The molecule has 1 aromatic carbocycles. The molecule has 0 aliphatic rings. The number of anilines is 1. The van der Waals surface area contributed by atoms with Crippen LogP contribution in [0.3, 0.4) is 0 Å². The van der Waals surface area contributed by atoms with Gasteiger partial charge in [0.1, 0.15) is 11.6 Å². The number of carbonyl (C=O) groups excluding carboxylic acids is 1. The van der Waals surface area contributed by atoms with Gasteiger partial charge in [0, 0.05) is 24.0 Å². The smallest absolute Gasteiger partial charge is 0.339 e. The lowest BCUT2D eigenvalue weighted by molar-refractivity contribution is 0.0602. The monoisotopic (exact) mass is 370 g/mol. The number of pyridine rings is 1. The molecule has 0 fully saturated rings. The molecular weight excluding hydrogens is 356 g/mol. The zero-order valence-electron chi connectivity index (χ0n) is 14.8. The largest absolute Gasteiger partial charge is 0.465 e. The van der Waals surface area contributed by atoms with Gasteiger partial charge >= 0.3 is 5.97 Å². The van der Waals surface area contributed by atoms with E-state index in [0.717, 1.165) is 10.9 Å². The molecule has 0 atom stereocenters. The van der Waals surface area contributed by atoms with Gasteiger partial charge in [0.05, 0.1) is 35.8 Å². The van der Waals surface area contributed by atoms with Crippen molar-refractivity contribution < 1.29 is 9.53 Å². The minimum absolute atomic E-state index is 0.414. The van der Waals surface area contributed by atoms with Crippen molar-refractivity contribution in [3.63, 3.8) is 0 Å². The Labute approximate surface area is 159 Å². The van der Waals surface area contributed by atoms with Gasteiger partial charge in [-0.25, -0.2) is 14.3 Å². The summed E-state index contributed by atoms with van der Waals surface area (Å²) in [5.74, 6) is -0.418. The zero-order valence-corrected chi connectivity index (χ0v) is 14.8. The number of fused-ring (bicyclic) bond motifs is 3. The van der Waals surface area contributed by atoms with E-state index < -0.39 is 5.97 Å². The lowest BCUT2D eigenvalue weighted by atomic mass is 10.2. The first-order valence-corrected chi connectivity index (χ1v) is 8.35. The van der Waals surface area contributed by atoms with Gasteiger partial charge in [0.15, 0.2) is 5.65 Å². The fourth-order valence-corrected chi connectivity index (χ4v) is 2.88. The molecule has 4 aromatic rings. The van der Waals surface area contributed by atoms with E-state index in [1.54, 1.807) is 47.4 Å². The third-order valence-electron chi connectivity index (χ3n) is 4.22. The van der Waals surface area contributed by atoms with Gasteiger partial charge < -0.3 is 10.1 Å². The first-order chi connectivity index (χ1) is 13.7. The van der Waals surface area contributed by atoms with Crippen LogP contribution in [-0.2, 0) is 4.74 Å². The van der Waals surface area contributed by atoms with Crippen LogP contribution in [0.15, 0.2) is 55.1 Å². The molecule has 4 rings (SSSR count). The number of ether oxygens (including phenoxy) is 1. The molecule has 0 bridgehead atoms. The number of nitrogens with zero attached hydrogens (tertiary/aromatic N) is 5. The van der Waals surface area contributed by atoms with Crippen LogP contribution in [0.5, 0.6) is 0 Å². The molecule has 3 aromatic heterocycles. The second kappa shape index (κ2) is 7.17. The van der Waals surface area contributed by atoms with Gasteiger partial charge in [0.2, 0.25) is 0 Å². The Bertz CT molecular complexity index is 1270. The summed E-state index contributed by atoms with van der Waals surface area (Å²) in [6.07, 6.45) is 8.29. The molecule has 0 unspecified atom stereocenters. The summed E-state index contributed by atoms with van der Waals surface area (Å²) in [7, 11) is 1.34. The zero-order chi connectivity index (χ0) is 19.5. The van der Waals surface area contributed by atoms with Gasteiger partial charge in [-0.3, -0.25) is 4.98 Å². The number of hydrogen-bond donors (Lipinski definition) is 1. The molecule has 136 valence electrons. The van der Waals surface area contributed by atoms with Crippen molar-refractivity contribution in [3.05, 3.63) is 71.9 Å². The second-order valence-electron chi connectivity index (χ2n) is 5.81. The molecule has 0 spiro atoms. The van der Waals surface area contributed by atoms with Crippen molar-refractivity contribution >= 4 is 34.3 Å². The predicted molar refractivity (Wildman–Crippen MR) is 103 cm³/mol. The third-order valence-corrected chi connectivity index (χ3v) is 4.22. The van der Waals surface area contributed by atoms with Gasteiger partial charge in [-0.2, -0.15) is 10.4 Å². The Hall–Kier alpha value is -4.25. The van der Waals surface area contributed by atoms with E-state index in [9.17, 15) is 4.79 Å². The van der Waals surface area contributed by atoms with Crippen LogP contribution >= 0.6 is 0 Å². The quantitative estimate of drug-likeness (QED) is 0.550. The van der Waals surface area contributed by atoms with E-state index in [2.05, 4.69) is 26.5 Å². The first kappa shape index (κ1) is 17.2. The average Bonchev–Trinajstić information content (AvgIpc) is 3.17. The number of rotatable bonds is 4. The highest BCUT2D eigenvalue weighted by Gasteiger charge is 2.11. The second-order valence-corrected chi connectivity index (χ2v) is 5.81. The van der Waals surface area contributed by atoms with Crippen LogP contribution in [0.25, 0.3) is 22.6 Å². The fraction of sp³-hybridized carbons (Fsp3) is 0.0500. The number of nitriles is 1. The van der Waals surface area contributed by atoms with E-state index in [1.165, 1.54) is 13.3 Å². The molecule has 3 heterocycles. The highest BCUT2D eigenvalue weighted by Crippen LogP contribution is 2.20. The number of para-hydroxylation sites is 1. The molecule has 28 heavy (non-hydrogen) atoms. The lowest BCUT2D eigenvalue weighted by Gasteiger charge is -2.07. The Morgan fingerprint density at radius 2 is 2.11 bits per heavy atom. The minimum atomic E-state index is -0.418. The van der Waals surface area contributed by atoms with Crippen molar-refractivity contribution in [1.29, 1.82) is 5.26 Å². The lowest BCUT2D eigenvalue weighted by Crippen LogP contribution is -2.04. The van der Waals surface area contributed by atoms with Crippen LogP contribution in [-0.4, -0.2) is 32.7 Å². The maximum absolute atomic E-state index is 11.9. The van der Waals surface area contributed by atoms with Crippen molar-refractivity contribution in [1.82, 2.24) is 19.6 Å². The molecule has 0 saturated carbocycles. The Balaban J connectivity index is 1.69. The van der Waals surface area contributed by atoms with E-state index in [0.29, 0.717) is 28.2 Å². The number of methoxy groups -OCH3 is 1. The molecule has 8 heteroatoms. The summed E-state index contributed by atoms with van der Waals surface area (Å²) in [5.41, 5.74) is 3.43. The van der Waals surface area contributed by atoms with Gasteiger partial charge in [-0.1, -0.05) is 12.1 Å². The number of aromatic nitrogens is 4. The molecule has 1 N–H and O–H groups in total. The molecular formula is C20H14N6O2. The Morgan fingerprint density at radius 1 is 1.25 bits per heavy atom. The minimum Gasteiger partial charge on any atom is -0.465 e. The number of nitrogens with one attached hydrogen (secondary N) is 1. The average molecular weight is 370 g/mol. The van der Waals surface area contributed by atoms with Gasteiger partial charge in [-0.05, 0) is 24.3 Å². The highest BCUT2D eigenvalue weighted by molar-refractivity contribution is 5.96. The SMILES string of the molecule is COC(=O)c1ccccc1N/C=C/c1nccc2c1cnc1c(C#N)cnn12. The van der Waals surface area contributed by atoms with Gasteiger partial charge in [-0.15, -0.1) is 0 Å². The topological polar surface area (TPSA) is 105 Å². The standard InChI is InChI=1S/C20H14N6O2/c1-28-20(27)14-4-2-3-5-16(14)22-8-6-17-15-12-24-19-13(10-21)11-25-26(19)18(15)7-9-23-17/h2-9,11-12,22H,1H3/b8-6+. The summed E-state index contributed by atoms with van der Waals surface area (Å²) < 4.78 is 6.41. The number of benzene rings is 1. The van der Waals surface area contributed by atoms with Crippen LogP contribution in [0.2, 0.25) is 0 Å².